The Morgan fingerprint density at radius 2 is 2.00 bits per heavy atom. The summed E-state index contributed by atoms with van der Waals surface area (Å²) in [5, 5.41) is 5.74. The van der Waals surface area contributed by atoms with Crippen LogP contribution in [-0.2, 0) is 29.7 Å². The van der Waals surface area contributed by atoms with Crippen molar-refractivity contribution in [2.75, 3.05) is 18.7 Å². The number of methoxy groups -OCH3 is 1. The van der Waals surface area contributed by atoms with E-state index >= 15 is 0 Å². The van der Waals surface area contributed by atoms with Crippen LogP contribution in [0.1, 0.15) is 33.1 Å². The fraction of sp³-hybridized carbons (Fsp3) is 0.588. The van der Waals surface area contributed by atoms with Crippen molar-refractivity contribution < 1.29 is 9.53 Å². The van der Waals surface area contributed by atoms with Crippen molar-refractivity contribution in [3.8, 4) is 0 Å². The van der Waals surface area contributed by atoms with Gasteiger partial charge in [0.05, 0.1) is 19.4 Å². The maximum Gasteiger partial charge on any atom is 0.332 e. The first kappa shape index (κ1) is 18.9. The predicted octanol–water partition coefficient (Wildman–Crippen LogP) is 0.456. The third-order valence-electron chi connectivity index (χ3n) is 4.61. The summed E-state index contributed by atoms with van der Waals surface area (Å²) < 4.78 is 9.05. The van der Waals surface area contributed by atoms with Crippen LogP contribution < -0.4 is 16.3 Å². The topological polar surface area (TPSA) is 104 Å². The van der Waals surface area contributed by atoms with E-state index in [1.54, 1.807) is 18.5 Å². The van der Waals surface area contributed by atoms with Gasteiger partial charge in [0.25, 0.3) is 5.56 Å². The van der Waals surface area contributed by atoms with Crippen LogP contribution in [0, 0.1) is 0 Å². The van der Waals surface area contributed by atoms with Crippen LogP contribution in [0.25, 0.3) is 11.2 Å². The lowest BCUT2D eigenvalue weighted by Gasteiger charge is -2.23. The summed E-state index contributed by atoms with van der Waals surface area (Å²) in [7, 11) is 2.89. The van der Waals surface area contributed by atoms with Gasteiger partial charge in [0.2, 0.25) is 5.95 Å². The predicted molar refractivity (Wildman–Crippen MR) is 101 cm³/mol. The molecule has 3 heterocycles. The summed E-state index contributed by atoms with van der Waals surface area (Å²) in [6.07, 6.45) is 2.70. The van der Waals surface area contributed by atoms with Gasteiger partial charge >= 0.3 is 11.7 Å². The minimum absolute atomic E-state index is 0.129. The lowest BCUT2D eigenvalue weighted by molar-refractivity contribution is -0.139. The fourth-order valence-corrected chi connectivity index (χ4v) is 3.23. The Labute approximate surface area is 155 Å². The largest absolute Gasteiger partial charge is 0.468 e. The van der Waals surface area contributed by atoms with E-state index in [1.165, 1.54) is 21.3 Å². The maximum atomic E-state index is 13.1. The standard InChI is InChI=1S/C17H24N6O4/c1-5-6-7-8-21-15(25)13-14(20(3)17(21)26)18-16-22(13)9-11(2)19-23(16)10-12(24)27-4/h5-10H2,1-4H3. The molecule has 1 aliphatic rings. The molecule has 0 spiro atoms. The molecule has 0 saturated heterocycles. The van der Waals surface area contributed by atoms with Crippen molar-refractivity contribution in [2.24, 2.45) is 12.1 Å². The van der Waals surface area contributed by atoms with Gasteiger partial charge < -0.3 is 4.74 Å². The highest BCUT2D eigenvalue weighted by Crippen LogP contribution is 2.23. The molecule has 0 N–H and O–H groups in total. The Balaban J connectivity index is 2.18. The van der Waals surface area contributed by atoms with E-state index in [-0.39, 0.29) is 17.8 Å². The highest BCUT2D eigenvalue weighted by Gasteiger charge is 2.27. The summed E-state index contributed by atoms with van der Waals surface area (Å²) in [4.78, 5) is 41.8. The average Bonchev–Trinajstić information content (AvgIpc) is 3.02. The van der Waals surface area contributed by atoms with Crippen LogP contribution in [0.4, 0.5) is 5.95 Å². The number of hydrogen-bond donors (Lipinski definition) is 0. The van der Waals surface area contributed by atoms with Crippen molar-refractivity contribution in [3.05, 3.63) is 20.8 Å². The van der Waals surface area contributed by atoms with E-state index in [4.69, 9.17) is 4.74 Å². The number of fused-ring (bicyclic) bond motifs is 3. The van der Waals surface area contributed by atoms with E-state index in [2.05, 4.69) is 17.0 Å². The molecule has 0 aromatic carbocycles. The number of nitrogens with zero attached hydrogens (tertiary/aromatic N) is 6. The van der Waals surface area contributed by atoms with E-state index in [0.29, 0.717) is 24.6 Å². The Kier molecular flexibility index (Phi) is 5.15. The average molecular weight is 376 g/mol. The number of aromatic nitrogens is 4. The van der Waals surface area contributed by atoms with Crippen molar-refractivity contribution in [1.82, 2.24) is 18.7 Å². The van der Waals surface area contributed by atoms with E-state index < -0.39 is 11.7 Å². The molecule has 0 aliphatic carbocycles. The number of aryl methyl sites for hydroxylation is 1. The Hall–Kier alpha value is -2.91. The molecular weight excluding hydrogens is 352 g/mol. The van der Waals surface area contributed by atoms with Crippen molar-refractivity contribution in [2.45, 2.75) is 46.2 Å². The second kappa shape index (κ2) is 7.37. The molecular formula is C17H24N6O4. The molecule has 0 saturated carbocycles. The smallest absolute Gasteiger partial charge is 0.332 e. The molecule has 10 nitrogen and oxygen atoms in total. The number of unbranched alkanes of at least 4 members (excludes halogenated alkanes) is 2. The second-order valence-corrected chi connectivity index (χ2v) is 6.64. The molecule has 0 fully saturated rings. The summed E-state index contributed by atoms with van der Waals surface area (Å²) in [5.74, 6) is -0.127. The van der Waals surface area contributed by atoms with Crippen LogP contribution in [0.3, 0.4) is 0 Å². The van der Waals surface area contributed by atoms with Gasteiger partial charge in [0, 0.05) is 13.6 Å². The van der Waals surface area contributed by atoms with E-state index in [1.807, 2.05) is 0 Å². The molecule has 0 radical (unpaired) electrons. The summed E-state index contributed by atoms with van der Waals surface area (Å²) in [6.45, 7) is 4.48. The van der Waals surface area contributed by atoms with Gasteiger partial charge in [-0.2, -0.15) is 10.1 Å². The SMILES string of the molecule is CCCCCn1c(=O)c2c(nc3n2CC(C)=NN3CC(=O)OC)n(C)c1=O. The summed E-state index contributed by atoms with van der Waals surface area (Å²) >= 11 is 0. The van der Waals surface area contributed by atoms with Crippen LogP contribution >= 0.6 is 0 Å². The normalized spacial score (nSPS) is 13.6. The zero-order valence-corrected chi connectivity index (χ0v) is 16.1. The molecule has 0 unspecified atom stereocenters. The number of hydrogen-bond acceptors (Lipinski definition) is 7. The Bertz CT molecular complexity index is 1030. The van der Waals surface area contributed by atoms with Crippen LogP contribution in [0.15, 0.2) is 14.7 Å². The molecule has 0 bridgehead atoms. The minimum atomic E-state index is -0.474. The molecule has 0 amide bonds. The highest BCUT2D eigenvalue weighted by molar-refractivity contribution is 5.89. The zero-order valence-electron chi connectivity index (χ0n) is 16.1. The lowest BCUT2D eigenvalue weighted by atomic mass is 10.2. The van der Waals surface area contributed by atoms with Gasteiger partial charge in [-0.1, -0.05) is 19.8 Å². The summed E-state index contributed by atoms with van der Waals surface area (Å²) in [5.41, 5.74) is 0.586. The van der Waals surface area contributed by atoms with Crippen LogP contribution in [0.2, 0.25) is 0 Å². The molecule has 146 valence electrons. The van der Waals surface area contributed by atoms with Crippen LogP contribution in [-0.4, -0.2) is 44.0 Å². The van der Waals surface area contributed by atoms with E-state index in [0.717, 1.165) is 25.0 Å². The number of rotatable bonds is 6. The molecule has 10 heteroatoms. The Morgan fingerprint density at radius 3 is 2.67 bits per heavy atom. The zero-order chi connectivity index (χ0) is 19.7. The monoisotopic (exact) mass is 376 g/mol. The lowest BCUT2D eigenvalue weighted by Crippen LogP contribution is -2.40. The first-order valence-corrected chi connectivity index (χ1v) is 8.97. The van der Waals surface area contributed by atoms with Gasteiger partial charge in [0.15, 0.2) is 11.2 Å². The van der Waals surface area contributed by atoms with Gasteiger partial charge in [-0.15, -0.1) is 0 Å². The van der Waals surface area contributed by atoms with Crippen molar-refractivity contribution in [1.29, 1.82) is 0 Å². The first-order chi connectivity index (χ1) is 12.9. The van der Waals surface area contributed by atoms with Crippen LogP contribution in [0.5, 0.6) is 0 Å². The molecule has 0 atom stereocenters. The van der Waals surface area contributed by atoms with Crippen molar-refractivity contribution in [3.63, 3.8) is 0 Å². The van der Waals surface area contributed by atoms with Gasteiger partial charge in [0.1, 0.15) is 6.54 Å². The molecule has 2 aromatic heterocycles. The number of hydrazone groups is 1. The Morgan fingerprint density at radius 1 is 1.26 bits per heavy atom. The number of carbonyl (C=O) groups is 1. The number of carbonyl (C=O) groups excluding carboxylic acids is 1. The number of anilines is 1. The van der Waals surface area contributed by atoms with E-state index in [9.17, 15) is 14.4 Å². The summed E-state index contributed by atoms with van der Waals surface area (Å²) in [6, 6.07) is 0. The van der Waals surface area contributed by atoms with Gasteiger partial charge in [-0.3, -0.25) is 23.3 Å². The minimum Gasteiger partial charge on any atom is -0.468 e. The molecule has 3 rings (SSSR count). The highest BCUT2D eigenvalue weighted by atomic mass is 16.5. The number of esters is 1. The quantitative estimate of drug-likeness (QED) is 0.536. The number of imidazole rings is 1. The van der Waals surface area contributed by atoms with Gasteiger partial charge in [-0.05, 0) is 13.3 Å². The van der Waals surface area contributed by atoms with Crippen molar-refractivity contribution >= 4 is 28.8 Å². The molecule has 2 aromatic rings. The first-order valence-electron chi connectivity index (χ1n) is 8.97. The van der Waals surface area contributed by atoms with Gasteiger partial charge in [-0.25, -0.2) is 9.80 Å². The molecule has 27 heavy (non-hydrogen) atoms. The molecule has 1 aliphatic heterocycles. The fourth-order valence-electron chi connectivity index (χ4n) is 3.23. The second-order valence-electron chi connectivity index (χ2n) is 6.64. The maximum absolute atomic E-state index is 13.1. The third-order valence-corrected chi connectivity index (χ3v) is 4.61. The third kappa shape index (κ3) is 3.26. The number of ether oxygens (including phenoxy) is 1.